The van der Waals surface area contributed by atoms with Gasteiger partial charge in [-0.05, 0) is 0 Å². The minimum atomic E-state index is 0. The predicted molar refractivity (Wildman–Crippen MR) is 127 cm³/mol. The fourth-order valence-corrected chi connectivity index (χ4v) is 2.44. The van der Waals surface area contributed by atoms with Crippen LogP contribution in [0.25, 0.3) is 11.1 Å². The van der Waals surface area contributed by atoms with Crippen molar-refractivity contribution < 1.29 is 26.2 Å². The van der Waals surface area contributed by atoms with Gasteiger partial charge in [-0.2, -0.15) is 35.5 Å². The summed E-state index contributed by atoms with van der Waals surface area (Å²) in [6, 6.07) is 20.7. The monoisotopic (exact) mass is 503 g/mol. The van der Waals surface area contributed by atoms with Crippen LogP contribution in [0.5, 0.6) is 0 Å². The Balaban J connectivity index is 0. The van der Waals surface area contributed by atoms with E-state index in [1.807, 2.05) is 12.1 Å². The molecule has 0 unspecified atom stereocenters. The normalized spacial score (nSPS) is 12.5. The van der Waals surface area contributed by atoms with Gasteiger partial charge in [0.25, 0.3) is 0 Å². The molecule has 0 saturated carbocycles. The van der Waals surface area contributed by atoms with Gasteiger partial charge in [-0.1, -0.05) is 62.3 Å². The first-order chi connectivity index (χ1) is 12.3. The zero-order valence-corrected chi connectivity index (χ0v) is 21.6. The van der Waals surface area contributed by atoms with Crippen molar-refractivity contribution in [3.05, 3.63) is 108 Å². The van der Waals surface area contributed by atoms with Crippen molar-refractivity contribution in [1.82, 2.24) is 0 Å². The first-order valence-corrected chi connectivity index (χ1v) is 11.1. The molecule has 0 atom stereocenters. The zero-order valence-electron chi connectivity index (χ0n) is 16.4. The quantitative estimate of drug-likeness (QED) is 0.304. The van der Waals surface area contributed by atoms with Crippen LogP contribution in [0.3, 0.4) is 0 Å². The van der Waals surface area contributed by atoms with E-state index in [4.69, 9.17) is 0 Å². The molecule has 0 aromatic heterocycles. The number of benzene rings is 2. The molecule has 0 aliphatic heterocycles. The van der Waals surface area contributed by atoms with Crippen molar-refractivity contribution in [2.45, 2.75) is 25.9 Å². The Hall–Kier alpha value is -0.920. The van der Waals surface area contributed by atoms with Crippen molar-refractivity contribution in [2.75, 3.05) is 0 Å². The molecule has 0 bridgehead atoms. The molecule has 2 aliphatic carbocycles. The van der Waals surface area contributed by atoms with Crippen LogP contribution in [0.15, 0.2) is 85.0 Å². The summed E-state index contributed by atoms with van der Waals surface area (Å²) >= 11 is 0. The molecule has 1 radical (unpaired) electrons. The zero-order chi connectivity index (χ0) is 17.7. The molecular weight excluding hydrogens is 478 g/mol. The Morgan fingerprint density at radius 2 is 0.964 bits per heavy atom. The summed E-state index contributed by atoms with van der Waals surface area (Å²) in [5, 5.41) is 0. The number of halogens is 2. The summed E-state index contributed by atoms with van der Waals surface area (Å²) in [7, 11) is 0.750. The SMILES string of the molecule is C[SiH]C.Cl.Cl.[C-]1=C(c2ccccc2)C=CC1.[C-]1=C(c2ccccc2)C=CC1.[Zr+2]. The summed E-state index contributed by atoms with van der Waals surface area (Å²) in [6.45, 7) is 4.42. The Morgan fingerprint density at radius 1 is 0.643 bits per heavy atom. The molecule has 28 heavy (non-hydrogen) atoms. The maximum absolute atomic E-state index is 3.28. The third-order valence-corrected chi connectivity index (χ3v) is 3.56. The van der Waals surface area contributed by atoms with E-state index in [2.05, 4.69) is 98.1 Å². The minimum Gasteiger partial charge on any atom is -0.197 e. The van der Waals surface area contributed by atoms with Gasteiger partial charge < -0.3 is 0 Å². The minimum absolute atomic E-state index is 0. The number of allylic oxidation sites excluding steroid dienone is 8. The van der Waals surface area contributed by atoms with Gasteiger partial charge >= 0.3 is 26.2 Å². The fourth-order valence-electron chi connectivity index (χ4n) is 2.44. The van der Waals surface area contributed by atoms with Crippen LogP contribution in [0.2, 0.25) is 13.1 Å². The average Bonchev–Trinajstić information content (AvgIpc) is 3.39. The molecule has 2 aliphatic rings. The number of hydrogen-bond donors (Lipinski definition) is 0. The second kappa shape index (κ2) is 18.1. The second-order valence-corrected chi connectivity index (χ2v) is 6.86. The Morgan fingerprint density at radius 3 is 1.21 bits per heavy atom. The van der Waals surface area contributed by atoms with Crippen LogP contribution in [-0.4, -0.2) is 9.52 Å². The van der Waals surface area contributed by atoms with Crippen molar-refractivity contribution in [3.8, 4) is 0 Å². The van der Waals surface area contributed by atoms with E-state index in [0.717, 1.165) is 22.4 Å². The van der Waals surface area contributed by atoms with E-state index < -0.39 is 0 Å². The van der Waals surface area contributed by atoms with Gasteiger partial charge in [0.05, 0.1) is 0 Å². The molecule has 0 saturated heterocycles. The van der Waals surface area contributed by atoms with E-state index in [0.29, 0.717) is 0 Å². The van der Waals surface area contributed by atoms with Crippen LogP contribution in [0, 0.1) is 12.2 Å². The van der Waals surface area contributed by atoms with Crippen molar-refractivity contribution in [1.29, 1.82) is 0 Å². The molecule has 2 aromatic rings. The topological polar surface area (TPSA) is 0 Å². The van der Waals surface area contributed by atoms with E-state index in [-0.39, 0.29) is 51.0 Å². The van der Waals surface area contributed by atoms with Crippen LogP contribution >= 0.6 is 24.8 Å². The first kappa shape index (κ1) is 29.3. The summed E-state index contributed by atoms with van der Waals surface area (Å²) in [5.74, 6) is 0. The standard InChI is InChI=1S/2C11H9.C2H7Si.2ClH.Zr/c2*1-2-6-10(7-3-1)11-8-4-5-9-11;1-3-2;;;/h2*1-4,6-8H,5H2;3H,1-2H3;2*1H;/q2*-1;;;;+2. The summed E-state index contributed by atoms with van der Waals surface area (Å²) in [4.78, 5) is 0. The Labute approximate surface area is 204 Å². The summed E-state index contributed by atoms with van der Waals surface area (Å²) in [6.07, 6.45) is 17.0. The van der Waals surface area contributed by atoms with Gasteiger partial charge in [-0.15, -0.1) is 72.4 Å². The van der Waals surface area contributed by atoms with Gasteiger partial charge in [0.1, 0.15) is 0 Å². The summed E-state index contributed by atoms with van der Waals surface area (Å²) in [5.41, 5.74) is 4.98. The molecule has 0 fully saturated rings. The van der Waals surface area contributed by atoms with Crippen LogP contribution < -0.4 is 0 Å². The molecule has 0 amide bonds. The summed E-state index contributed by atoms with van der Waals surface area (Å²) < 4.78 is 0. The molecule has 145 valence electrons. The Bertz CT molecular complexity index is 685. The predicted octanol–water partition coefficient (Wildman–Crippen LogP) is 7.03. The van der Waals surface area contributed by atoms with E-state index >= 15 is 0 Å². The van der Waals surface area contributed by atoms with Crippen LogP contribution in [-0.2, 0) is 26.2 Å². The average molecular weight is 506 g/mol. The smallest absolute Gasteiger partial charge is 0.197 e. The van der Waals surface area contributed by atoms with Crippen molar-refractivity contribution >= 4 is 45.5 Å². The second-order valence-electron chi connectivity index (χ2n) is 5.70. The third-order valence-electron chi connectivity index (χ3n) is 3.56. The fraction of sp³-hybridized carbons (Fsp3) is 0.167. The third kappa shape index (κ3) is 10.6. The molecule has 4 rings (SSSR count). The van der Waals surface area contributed by atoms with E-state index in [1.165, 1.54) is 22.3 Å². The van der Waals surface area contributed by atoms with Crippen molar-refractivity contribution in [3.63, 3.8) is 0 Å². The molecule has 0 spiro atoms. The van der Waals surface area contributed by atoms with Gasteiger partial charge in [-0.25, -0.2) is 0 Å². The largest absolute Gasteiger partial charge is 2.00 e. The molecule has 2 aromatic carbocycles. The number of rotatable bonds is 2. The molecule has 0 N–H and O–H groups in total. The maximum atomic E-state index is 3.28. The first-order valence-electron chi connectivity index (χ1n) is 8.74. The van der Waals surface area contributed by atoms with Crippen molar-refractivity contribution in [2.24, 2.45) is 0 Å². The van der Waals surface area contributed by atoms with Gasteiger partial charge in [0.15, 0.2) is 0 Å². The van der Waals surface area contributed by atoms with Gasteiger partial charge in [0, 0.05) is 9.52 Å². The maximum Gasteiger partial charge on any atom is 2.00 e. The molecule has 0 nitrogen and oxygen atoms in total. The van der Waals surface area contributed by atoms with Crippen LogP contribution in [0.4, 0.5) is 0 Å². The number of hydrogen-bond acceptors (Lipinski definition) is 0. The van der Waals surface area contributed by atoms with E-state index in [9.17, 15) is 0 Å². The van der Waals surface area contributed by atoms with E-state index in [1.54, 1.807) is 0 Å². The molecule has 4 heteroatoms. The van der Waals surface area contributed by atoms with Gasteiger partial charge in [-0.3, -0.25) is 0 Å². The molecule has 0 heterocycles. The van der Waals surface area contributed by atoms with Crippen LogP contribution in [0.1, 0.15) is 24.0 Å². The Kier molecular flexibility index (Phi) is 19.0. The molecular formula is C24H27Cl2SiZr. The van der Waals surface area contributed by atoms with Gasteiger partial charge in [0.2, 0.25) is 0 Å².